The van der Waals surface area contributed by atoms with E-state index < -0.39 is 7.26 Å². The molecule has 1 rings (SSSR count). The smallest absolute Gasteiger partial charge is 0.241 e. The largest absolute Gasteiger partial charge is 0.481 e. The highest BCUT2D eigenvalue weighted by Gasteiger charge is 2.42. The molecule has 0 aliphatic carbocycles. The Balaban J connectivity index is 3.31. The number of aliphatic hydroxyl groups is 1. The van der Waals surface area contributed by atoms with Crippen LogP contribution >= 0.6 is 7.26 Å². The SMILES string of the molecule is CCCC[P+](CCCC)(CCCC)/C(O)=C(\CC)c1ccccc1. The van der Waals surface area contributed by atoms with Crippen LogP contribution in [-0.4, -0.2) is 23.6 Å². The van der Waals surface area contributed by atoms with Crippen LogP contribution in [0.5, 0.6) is 0 Å². The van der Waals surface area contributed by atoms with Crippen molar-refractivity contribution in [1.29, 1.82) is 0 Å². The lowest BCUT2D eigenvalue weighted by molar-refractivity contribution is 0.449. The van der Waals surface area contributed by atoms with Crippen molar-refractivity contribution in [1.82, 2.24) is 0 Å². The van der Waals surface area contributed by atoms with E-state index in [0.29, 0.717) is 0 Å². The lowest BCUT2D eigenvalue weighted by Crippen LogP contribution is -2.13. The molecule has 0 aliphatic rings. The zero-order chi connectivity index (χ0) is 17.8. The van der Waals surface area contributed by atoms with Gasteiger partial charge in [0.05, 0.1) is 25.7 Å². The van der Waals surface area contributed by atoms with Gasteiger partial charge in [0.15, 0.2) is 0 Å². The molecule has 0 saturated heterocycles. The first kappa shape index (κ1) is 21.2. The van der Waals surface area contributed by atoms with E-state index in [2.05, 4.69) is 58.0 Å². The zero-order valence-corrected chi connectivity index (χ0v) is 17.2. The second-order valence-corrected chi connectivity index (χ2v) is 11.0. The van der Waals surface area contributed by atoms with Gasteiger partial charge >= 0.3 is 0 Å². The van der Waals surface area contributed by atoms with Crippen LogP contribution in [0.1, 0.15) is 78.2 Å². The molecule has 0 amide bonds. The number of allylic oxidation sites excluding steroid dienone is 1. The highest BCUT2D eigenvalue weighted by atomic mass is 31.2. The topological polar surface area (TPSA) is 20.2 Å². The maximum Gasteiger partial charge on any atom is 0.241 e. The predicted molar refractivity (Wildman–Crippen MR) is 113 cm³/mol. The van der Waals surface area contributed by atoms with Gasteiger partial charge in [-0.1, -0.05) is 77.3 Å². The Labute approximate surface area is 150 Å². The number of aliphatic hydroxyl groups excluding tert-OH is 1. The lowest BCUT2D eigenvalue weighted by atomic mass is 10.1. The minimum atomic E-state index is -1.44. The maximum absolute atomic E-state index is 11.5. The number of hydrogen-bond acceptors (Lipinski definition) is 1. The summed E-state index contributed by atoms with van der Waals surface area (Å²) in [6.45, 7) is 9.00. The van der Waals surface area contributed by atoms with Crippen molar-refractivity contribution in [2.75, 3.05) is 18.5 Å². The Morgan fingerprint density at radius 2 is 1.25 bits per heavy atom. The van der Waals surface area contributed by atoms with Gasteiger partial charge in [-0.3, -0.25) is 0 Å². The molecular weight excluding hydrogens is 311 g/mol. The van der Waals surface area contributed by atoms with Crippen molar-refractivity contribution < 1.29 is 5.11 Å². The molecule has 0 radical (unpaired) electrons. The van der Waals surface area contributed by atoms with E-state index in [0.717, 1.165) is 11.9 Å². The zero-order valence-electron chi connectivity index (χ0n) is 16.4. The summed E-state index contributed by atoms with van der Waals surface area (Å²) < 4.78 is 0. The predicted octanol–water partition coefficient (Wildman–Crippen LogP) is 7.74. The minimum absolute atomic E-state index is 0.798. The Bertz CT molecular complexity index is 456. The van der Waals surface area contributed by atoms with Crippen molar-refractivity contribution in [3.05, 3.63) is 41.4 Å². The number of hydrogen-bond donors (Lipinski definition) is 1. The Morgan fingerprint density at radius 3 is 1.62 bits per heavy atom. The molecule has 1 nitrogen and oxygen atoms in total. The molecule has 0 heterocycles. The van der Waals surface area contributed by atoms with E-state index in [-0.39, 0.29) is 0 Å². The Kier molecular flexibility index (Phi) is 10.3. The van der Waals surface area contributed by atoms with Crippen LogP contribution in [0.2, 0.25) is 0 Å². The van der Waals surface area contributed by atoms with Crippen LogP contribution in [0.25, 0.3) is 5.57 Å². The van der Waals surface area contributed by atoms with Crippen molar-refractivity contribution in [2.24, 2.45) is 0 Å². The van der Waals surface area contributed by atoms with Gasteiger partial charge in [0.1, 0.15) is 0 Å². The second-order valence-electron chi connectivity index (χ2n) is 6.90. The molecule has 1 aromatic rings. The van der Waals surface area contributed by atoms with Crippen LogP contribution in [-0.2, 0) is 0 Å². The van der Waals surface area contributed by atoms with E-state index in [1.165, 1.54) is 68.1 Å². The van der Waals surface area contributed by atoms with Gasteiger partial charge in [0, 0.05) is 5.57 Å². The Morgan fingerprint density at radius 1 is 0.792 bits per heavy atom. The van der Waals surface area contributed by atoms with Gasteiger partial charge in [0.2, 0.25) is 5.50 Å². The van der Waals surface area contributed by atoms with E-state index >= 15 is 0 Å². The quantitative estimate of drug-likeness (QED) is 0.302. The van der Waals surface area contributed by atoms with Gasteiger partial charge in [-0.05, 0) is 31.2 Å². The summed E-state index contributed by atoms with van der Waals surface area (Å²) in [5.41, 5.74) is 3.21. The third-order valence-corrected chi connectivity index (χ3v) is 9.70. The van der Waals surface area contributed by atoms with Gasteiger partial charge < -0.3 is 5.11 Å². The third-order valence-electron chi connectivity index (χ3n) is 5.01. The average Bonchev–Trinajstić information content (AvgIpc) is 2.63. The van der Waals surface area contributed by atoms with Gasteiger partial charge in [0.25, 0.3) is 0 Å². The average molecular weight is 350 g/mol. The monoisotopic (exact) mass is 349 g/mol. The van der Waals surface area contributed by atoms with Crippen molar-refractivity contribution in [3.8, 4) is 0 Å². The molecule has 0 atom stereocenters. The summed E-state index contributed by atoms with van der Waals surface area (Å²) in [5.74, 6) is 0. The molecule has 0 aliphatic heterocycles. The number of unbranched alkanes of at least 4 members (excludes halogenated alkanes) is 3. The second kappa shape index (κ2) is 11.7. The first-order valence-electron chi connectivity index (χ1n) is 9.99. The van der Waals surface area contributed by atoms with E-state index in [9.17, 15) is 5.11 Å². The highest BCUT2D eigenvalue weighted by Crippen LogP contribution is 2.68. The Hall–Kier alpha value is -0.810. The first-order valence-corrected chi connectivity index (χ1v) is 12.3. The fraction of sp³-hybridized carbons (Fsp3) is 0.636. The molecule has 0 unspecified atom stereocenters. The molecular formula is C22H38OP+. The molecule has 2 heteroatoms. The fourth-order valence-electron chi connectivity index (χ4n) is 3.45. The number of benzene rings is 1. The van der Waals surface area contributed by atoms with Crippen LogP contribution in [0.3, 0.4) is 0 Å². The van der Waals surface area contributed by atoms with Crippen LogP contribution in [0.15, 0.2) is 35.8 Å². The molecule has 136 valence electrons. The summed E-state index contributed by atoms with van der Waals surface area (Å²) in [5, 5.41) is 11.5. The summed E-state index contributed by atoms with van der Waals surface area (Å²) in [4.78, 5) is 0. The van der Waals surface area contributed by atoms with Crippen molar-refractivity contribution in [3.63, 3.8) is 0 Å². The van der Waals surface area contributed by atoms with Gasteiger partial charge in [-0.2, -0.15) is 0 Å². The molecule has 24 heavy (non-hydrogen) atoms. The lowest BCUT2D eigenvalue weighted by Gasteiger charge is -2.28. The highest BCUT2D eigenvalue weighted by molar-refractivity contribution is 7.79. The van der Waals surface area contributed by atoms with Crippen molar-refractivity contribution in [2.45, 2.75) is 72.6 Å². The van der Waals surface area contributed by atoms with Gasteiger partial charge in [-0.15, -0.1) is 0 Å². The standard InChI is InChI=1S/C22H37OP/c1-5-9-17-24(18-10-6-2,19-11-7-3)22(23)21(8-4)20-15-13-12-14-16-20/h12-16H,5-11,17-19H2,1-4H3/p+1/b22-21+. The summed E-state index contributed by atoms with van der Waals surface area (Å²) in [6.07, 6.45) is 12.0. The molecule has 0 saturated carbocycles. The van der Waals surface area contributed by atoms with Crippen molar-refractivity contribution >= 4 is 12.8 Å². The molecule has 0 fully saturated rings. The van der Waals surface area contributed by atoms with Gasteiger partial charge in [-0.25, -0.2) is 0 Å². The van der Waals surface area contributed by atoms with E-state index in [4.69, 9.17) is 0 Å². The molecule has 0 aromatic heterocycles. The molecule has 0 bridgehead atoms. The molecule has 0 spiro atoms. The molecule has 1 aromatic carbocycles. The first-order chi connectivity index (χ1) is 11.6. The van der Waals surface area contributed by atoms with Crippen LogP contribution in [0, 0.1) is 0 Å². The summed E-state index contributed by atoms with van der Waals surface area (Å²) >= 11 is 0. The van der Waals surface area contributed by atoms with Crippen LogP contribution in [0.4, 0.5) is 0 Å². The van der Waals surface area contributed by atoms with E-state index in [1.807, 2.05) is 0 Å². The fourth-order valence-corrected chi connectivity index (χ4v) is 8.38. The normalized spacial score (nSPS) is 13.0. The molecule has 1 N–H and O–H groups in total. The summed E-state index contributed by atoms with van der Waals surface area (Å²) in [7, 11) is -1.44. The summed E-state index contributed by atoms with van der Waals surface area (Å²) in [6, 6.07) is 10.5. The third kappa shape index (κ3) is 5.92. The van der Waals surface area contributed by atoms with E-state index in [1.54, 1.807) is 0 Å². The van der Waals surface area contributed by atoms with Crippen LogP contribution < -0.4 is 0 Å². The number of rotatable bonds is 12. The minimum Gasteiger partial charge on any atom is -0.481 e. The maximum atomic E-state index is 11.5.